The van der Waals surface area contributed by atoms with Crippen LogP contribution in [0.2, 0.25) is 0 Å². The van der Waals surface area contributed by atoms with E-state index in [4.69, 9.17) is 10.5 Å². The Bertz CT molecular complexity index is 243. The molecule has 0 spiro atoms. The minimum atomic E-state index is -0.367. The summed E-state index contributed by atoms with van der Waals surface area (Å²) in [6.45, 7) is 6.92. The van der Waals surface area contributed by atoms with E-state index in [2.05, 4.69) is 0 Å². The van der Waals surface area contributed by atoms with Crippen LogP contribution in [-0.4, -0.2) is 44.2 Å². The average molecular weight is 279 g/mol. The minimum Gasteiger partial charge on any atom is -0.381 e. The summed E-state index contributed by atoms with van der Waals surface area (Å²) < 4.78 is 5.34. The Morgan fingerprint density at radius 2 is 2.06 bits per heavy atom. The van der Waals surface area contributed by atoms with Crippen molar-refractivity contribution < 1.29 is 9.53 Å². The number of amides is 1. The topological polar surface area (TPSA) is 55.6 Å². The fourth-order valence-corrected chi connectivity index (χ4v) is 2.53. The first-order chi connectivity index (χ1) is 8.09. The molecule has 1 saturated heterocycles. The molecule has 108 valence electrons. The van der Waals surface area contributed by atoms with Gasteiger partial charge >= 0.3 is 0 Å². The summed E-state index contributed by atoms with van der Waals surface area (Å²) in [7, 11) is 1.89. The number of nitrogens with two attached hydrogens (primary N) is 1. The molecule has 4 nitrogen and oxygen atoms in total. The number of rotatable bonds is 6. The highest BCUT2D eigenvalue weighted by molar-refractivity contribution is 5.85. The predicted molar refractivity (Wildman–Crippen MR) is 75.9 cm³/mol. The van der Waals surface area contributed by atoms with Crippen molar-refractivity contribution in [3.63, 3.8) is 0 Å². The van der Waals surface area contributed by atoms with Gasteiger partial charge in [0.2, 0.25) is 5.91 Å². The van der Waals surface area contributed by atoms with Crippen LogP contribution in [0.4, 0.5) is 0 Å². The van der Waals surface area contributed by atoms with Gasteiger partial charge in [-0.3, -0.25) is 4.79 Å². The lowest BCUT2D eigenvalue weighted by Crippen LogP contribution is -2.47. The largest absolute Gasteiger partial charge is 0.381 e. The molecule has 2 N–H and O–H groups in total. The Morgan fingerprint density at radius 1 is 1.44 bits per heavy atom. The van der Waals surface area contributed by atoms with Gasteiger partial charge in [0.05, 0.1) is 12.0 Å². The monoisotopic (exact) mass is 278 g/mol. The van der Waals surface area contributed by atoms with Crippen molar-refractivity contribution in [2.75, 3.05) is 33.4 Å². The third-order valence-electron chi connectivity index (χ3n) is 4.10. The molecule has 1 unspecified atom stereocenters. The third kappa shape index (κ3) is 3.84. The highest BCUT2D eigenvalue weighted by Gasteiger charge is 2.36. The van der Waals surface area contributed by atoms with E-state index in [1.807, 2.05) is 25.8 Å². The molecular weight excluding hydrogens is 252 g/mol. The van der Waals surface area contributed by atoms with Gasteiger partial charge in [-0.2, -0.15) is 0 Å². The maximum atomic E-state index is 12.5. The number of halogens is 1. The Labute approximate surface area is 117 Å². The molecule has 1 aliphatic rings. The summed E-state index contributed by atoms with van der Waals surface area (Å²) in [5.41, 5.74) is 5.44. The normalized spacial score (nSPS) is 19.4. The molecule has 0 saturated carbocycles. The lowest BCUT2D eigenvalue weighted by atomic mass is 9.81. The smallest absolute Gasteiger partial charge is 0.229 e. The highest BCUT2D eigenvalue weighted by atomic mass is 35.5. The van der Waals surface area contributed by atoms with Crippen LogP contribution in [0.15, 0.2) is 0 Å². The summed E-state index contributed by atoms with van der Waals surface area (Å²) in [5.74, 6) is 0.685. The van der Waals surface area contributed by atoms with Crippen LogP contribution in [0.5, 0.6) is 0 Å². The molecular formula is C13H27ClN2O2. The van der Waals surface area contributed by atoms with Gasteiger partial charge in [-0.1, -0.05) is 13.8 Å². The number of nitrogens with zero attached hydrogens (tertiary/aromatic N) is 1. The second-order valence-corrected chi connectivity index (χ2v) is 5.11. The molecule has 1 rings (SSSR count). The maximum absolute atomic E-state index is 12.5. The molecule has 0 aromatic carbocycles. The molecule has 1 heterocycles. The molecule has 1 atom stereocenters. The van der Waals surface area contributed by atoms with E-state index in [1.54, 1.807) is 0 Å². The van der Waals surface area contributed by atoms with Crippen LogP contribution >= 0.6 is 12.4 Å². The van der Waals surface area contributed by atoms with Gasteiger partial charge < -0.3 is 15.4 Å². The summed E-state index contributed by atoms with van der Waals surface area (Å²) >= 11 is 0. The van der Waals surface area contributed by atoms with Gasteiger partial charge in [-0.15, -0.1) is 12.4 Å². The van der Waals surface area contributed by atoms with Gasteiger partial charge in [0.1, 0.15) is 0 Å². The van der Waals surface area contributed by atoms with Gasteiger partial charge in [-0.25, -0.2) is 0 Å². The van der Waals surface area contributed by atoms with Crippen molar-refractivity contribution in [3.05, 3.63) is 0 Å². The van der Waals surface area contributed by atoms with Crippen LogP contribution in [-0.2, 0) is 9.53 Å². The summed E-state index contributed by atoms with van der Waals surface area (Å²) in [6.07, 6.45) is 2.68. The molecule has 5 heteroatoms. The predicted octanol–water partition coefficient (Wildman–Crippen LogP) is 1.67. The molecule has 1 fully saturated rings. The number of ether oxygens (including phenoxy) is 1. The number of hydrogen-bond donors (Lipinski definition) is 1. The van der Waals surface area contributed by atoms with E-state index < -0.39 is 0 Å². The SMILES string of the molecule is CCC(CC)(CN)C(=O)N(C)CC1CCOC1.Cl. The van der Waals surface area contributed by atoms with Crippen LogP contribution in [0.1, 0.15) is 33.1 Å². The quantitative estimate of drug-likeness (QED) is 0.804. The summed E-state index contributed by atoms with van der Waals surface area (Å²) in [4.78, 5) is 14.3. The second kappa shape index (κ2) is 7.97. The lowest BCUT2D eigenvalue weighted by Gasteiger charge is -2.34. The van der Waals surface area contributed by atoms with Crippen LogP contribution in [0, 0.1) is 11.3 Å². The van der Waals surface area contributed by atoms with Crippen molar-refractivity contribution >= 4 is 18.3 Å². The van der Waals surface area contributed by atoms with Crippen LogP contribution < -0.4 is 5.73 Å². The summed E-state index contributed by atoms with van der Waals surface area (Å²) in [5, 5.41) is 0. The number of carbonyl (C=O) groups excluding carboxylic acids is 1. The Kier molecular flexibility index (Phi) is 7.83. The Balaban J connectivity index is 0.00000289. The van der Waals surface area contributed by atoms with Gasteiger partial charge in [0, 0.05) is 32.7 Å². The second-order valence-electron chi connectivity index (χ2n) is 5.11. The minimum absolute atomic E-state index is 0. The maximum Gasteiger partial charge on any atom is 0.229 e. The first kappa shape index (κ1) is 17.7. The highest BCUT2D eigenvalue weighted by Crippen LogP contribution is 2.28. The molecule has 1 amide bonds. The zero-order valence-electron chi connectivity index (χ0n) is 11.8. The van der Waals surface area contributed by atoms with E-state index in [0.717, 1.165) is 39.0 Å². The van der Waals surface area contributed by atoms with E-state index in [0.29, 0.717) is 12.5 Å². The standard InChI is InChI=1S/C13H26N2O2.ClH/c1-4-13(5-2,10-14)12(16)15(3)8-11-6-7-17-9-11;/h11H,4-10,14H2,1-3H3;1H. The van der Waals surface area contributed by atoms with E-state index in [-0.39, 0.29) is 23.7 Å². The first-order valence-corrected chi connectivity index (χ1v) is 6.63. The Morgan fingerprint density at radius 3 is 2.44 bits per heavy atom. The molecule has 0 radical (unpaired) electrons. The molecule has 18 heavy (non-hydrogen) atoms. The first-order valence-electron chi connectivity index (χ1n) is 6.63. The van der Waals surface area contributed by atoms with Crippen molar-refractivity contribution in [2.24, 2.45) is 17.1 Å². The van der Waals surface area contributed by atoms with Gasteiger partial charge in [0.25, 0.3) is 0 Å². The third-order valence-corrected chi connectivity index (χ3v) is 4.10. The van der Waals surface area contributed by atoms with Crippen molar-refractivity contribution in [1.29, 1.82) is 0 Å². The summed E-state index contributed by atoms with van der Waals surface area (Å²) in [6, 6.07) is 0. The fourth-order valence-electron chi connectivity index (χ4n) is 2.53. The lowest BCUT2D eigenvalue weighted by molar-refractivity contribution is -0.141. The van der Waals surface area contributed by atoms with Crippen molar-refractivity contribution in [2.45, 2.75) is 33.1 Å². The fraction of sp³-hybridized carbons (Fsp3) is 0.923. The zero-order valence-corrected chi connectivity index (χ0v) is 12.6. The van der Waals surface area contributed by atoms with E-state index >= 15 is 0 Å². The van der Waals surface area contributed by atoms with E-state index in [1.165, 1.54) is 0 Å². The van der Waals surface area contributed by atoms with Gasteiger partial charge in [0.15, 0.2) is 0 Å². The number of hydrogen-bond acceptors (Lipinski definition) is 3. The molecule has 0 aromatic rings. The molecule has 0 aromatic heterocycles. The van der Waals surface area contributed by atoms with Crippen LogP contribution in [0.3, 0.4) is 0 Å². The molecule has 0 aliphatic carbocycles. The Hall–Kier alpha value is -0.320. The zero-order chi connectivity index (χ0) is 12.9. The van der Waals surface area contributed by atoms with Crippen molar-refractivity contribution in [3.8, 4) is 0 Å². The number of carbonyl (C=O) groups is 1. The van der Waals surface area contributed by atoms with Crippen molar-refractivity contribution in [1.82, 2.24) is 4.90 Å². The van der Waals surface area contributed by atoms with Gasteiger partial charge in [-0.05, 0) is 19.3 Å². The molecule has 1 aliphatic heterocycles. The average Bonchev–Trinajstić information content (AvgIpc) is 2.84. The van der Waals surface area contributed by atoms with Crippen LogP contribution in [0.25, 0.3) is 0 Å². The molecule has 0 bridgehead atoms. The van der Waals surface area contributed by atoms with E-state index in [9.17, 15) is 4.79 Å².